The summed E-state index contributed by atoms with van der Waals surface area (Å²) in [6, 6.07) is 7.29. The van der Waals surface area contributed by atoms with Crippen LogP contribution in [-0.4, -0.2) is 47.0 Å². The number of carboxylic acid groups (broad SMARTS) is 1. The molecule has 0 aliphatic carbocycles. The van der Waals surface area contributed by atoms with E-state index in [4.69, 9.17) is 16.7 Å². The number of hydrogen-bond donors (Lipinski definition) is 1. The van der Waals surface area contributed by atoms with E-state index in [1.807, 2.05) is 12.1 Å². The summed E-state index contributed by atoms with van der Waals surface area (Å²) in [7, 11) is 1.74. The number of rotatable bonds is 4. The van der Waals surface area contributed by atoms with E-state index in [1.54, 1.807) is 29.0 Å². The summed E-state index contributed by atoms with van der Waals surface area (Å²) in [5.74, 6) is -0.725. The number of carboxylic acids is 1. The number of benzene rings is 1. The van der Waals surface area contributed by atoms with Crippen molar-refractivity contribution < 1.29 is 14.7 Å². The predicted octanol–water partition coefficient (Wildman–Crippen LogP) is 2.30. The second-order valence-electron chi connectivity index (χ2n) is 5.13. The lowest BCUT2D eigenvalue weighted by Gasteiger charge is -2.40. The molecule has 1 fully saturated rings. The Morgan fingerprint density at radius 2 is 1.95 bits per heavy atom. The number of aliphatic carboxylic acids is 1. The molecule has 0 bridgehead atoms. The highest BCUT2D eigenvalue weighted by atomic mass is 35.5. The van der Waals surface area contributed by atoms with Crippen LogP contribution >= 0.6 is 11.6 Å². The zero-order valence-corrected chi connectivity index (χ0v) is 12.0. The Bertz CT molecular complexity index is 498. The van der Waals surface area contributed by atoms with Crippen molar-refractivity contribution in [3.05, 3.63) is 34.9 Å². The van der Waals surface area contributed by atoms with Gasteiger partial charge in [0.25, 0.3) is 0 Å². The lowest BCUT2D eigenvalue weighted by molar-refractivity contribution is -0.139. The monoisotopic (exact) mass is 296 g/mol. The summed E-state index contributed by atoms with van der Waals surface area (Å²) in [4.78, 5) is 26.0. The minimum Gasteiger partial charge on any atom is -0.481 e. The molecule has 0 saturated carbocycles. The van der Waals surface area contributed by atoms with E-state index in [1.165, 1.54) is 0 Å². The van der Waals surface area contributed by atoms with Crippen LogP contribution < -0.4 is 0 Å². The number of urea groups is 1. The summed E-state index contributed by atoms with van der Waals surface area (Å²) >= 11 is 5.81. The highest BCUT2D eigenvalue weighted by Crippen LogP contribution is 2.21. The largest absolute Gasteiger partial charge is 0.481 e. The Morgan fingerprint density at radius 1 is 1.35 bits per heavy atom. The van der Waals surface area contributed by atoms with Crippen molar-refractivity contribution in [3.8, 4) is 0 Å². The quantitative estimate of drug-likeness (QED) is 0.927. The second-order valence-corrected chi connectivity index (χ2v) is 5.57. The Balaban J connectivity index is 1.81. The van der Waals surface area contributed by atoms with Crippen LogP contribution in [0.3, 0.4) is 0 Å². The third kappa shape index (κ3) is 3.63. The number of nitrogens with zero attached hydrogens (tertiary/aromatic N) is 2. The molecule has 2 amide bonds. The highest BCUT2D eigenvalue weighted by Gasteiger charge is 2.33. The molecule has 0 atom stereocenters. The molecular formula is C14H17ClN2O3. The Labute approximate surface area is 122 Å². The van der Waals surface area contributed by atoms with Crippen LogP contribution in [-0.2, 0) is 11.3 Å². The molecule has 6 heteroatoms. The smallest absolute Gasteiger partial charge is 0.320 e. The van der Waals surface area contributed by atoms with Crippen LogP contribution in [0.1, 0.15) is 12.0 Å². The van der Waals surface area contributed by atoms with Gasteiger partial charge in [0.1, 0.15) is 0 Å². The zero-order chi connectivity index (χ0) is 14.7. The Hall–Kier alpha value is -1.75. The first-order valence-electron chi connectivity index (χ1n) is 6.42. The van der Waals surface area contributed by atoms with Gasteiger partial charge < -0.3 is 14.9 Å². The molecule has 1 saturated heterocycles. The van der Waals surface area contributed by atoms with E-state index >= 15 is 0 Å². The minimum atomic E-state index is -0.809. The van der Waals surface area contributed by atoms with E-state index in [9.17, 15) is 9.59 Å². The molecule has 5 nitrogen and oxygen atoms in total. The molecular weight excluding hydrogens is 280 g/mol. The van der Waals surface area contributed by atoms with Crippen LogP contribution in [0.2, 0.25) is 5.02 Å². The normalized spacial score (nSPS) is 14.8. The van der Waals surface area contributed by atoms with Gasteiger partial charge in [-0.2, -0.15) is 0 Å². The number of halogens is 1. The Kier molecular flexibility index (Phi) is 4.49. The second kappa shape index (κ2) is 6.13. The molecule has 2 rings (SSSR count). The van der Waals surface area contributed by atoms with Gasteiger partial charge in [0, 0.05) is 37.6 Å². The van der Waals surface area contributed by atoms with Crippen LogP contribution in [0.15, 0.2) is 24.3 Å². The fourth-order valence-corrected chi connectivity index (χ4v) is 2.40. The average Bonchev–Trinajstić information content (AvgIpc) is 2.35. The lowest BCUT2D eigenvalue weighted by atomic mass is 9.97. The van der Waals surface area contributed by atoms with Crippen molar-refractivity contribution in [2.24, 2.45) is 5.92 Å². The predicted molar refractivity (Wildman–Crippen MR) is 75.6 cm³/mol. The van der Waals surface area contributed by atoms with Gasteiger partial charge in [-0.05, 0) is 17.7 Å². The average molecular weight is 297 g/mol. The summed E-state index contributed by atoms with van der Waals surface area (Å²) in [6.45, 7) is 1.56. The van der Waals surface area contributed by atoms with Gasteiger partial charge in [-0.25, -0.2) is 4.79 Å². The minimum absolute atomic E-state index is 0.0680. The maximum atomic E-state index is 12.1. The van der Waals surface area contributed by atoms with E-state index in [0.717, 1.165) is 5.56 Å². The van der Waals surface area contributed by atoms with Gasteiger partial charge in [0.15, 0.2) is 0 Å². The maximum Gasteiger partial charge on any atom is 0.320 e. The first kappa shape index (κ1) is 14.7. The molecule has 0 radical (unpaired) electrons. The lowest BCUT2D eigenvalue weighted by Crippen LogP contribution is -2.54. The molecule has 0 unspecified atom stereocenters. The van der Waals surface area contributed by atoms with Gasteiger partial charge in [-0.1, -0.05) is 23.7 Å². The van der Waals surface area contributed by atoms with Crippen molar-refractivity contribution in [1.29, 1.82) is 0 Å². The van der Waals surface area contributed by atoms with E-state index in [0.29, 0.717) is 24.7 Å². The topological polar surface area (TPSA) is 60.9 Å². The SMILES string of the molecule is CN(Cc1ccc(Cl)cc1)C(=O)N1CC(CC(=O)O)C1. The fraction of sp³-hybridized carbons (Fsp3) is 0.429. The molecule has 1 aromatic rings. The summed E-state index contributed by atoms with van der Waals surface area (Å²) in [5.41, 5.74) is 1.01. The maximum absolute atomic E-state index is 12.1. The standard InChI is InChI=1S/C14H17ClN2O3/c1-16(7-10-2-4-12(15)5-3-10)14(20)17-8-11(9-17)6-13(18)19/h2-5,11H,6-9H2,1H3,(H,18,19). The van der Waals surface area contributed by atoms with Gasteiger partial charge in [0.2, 0.25) is 0 Å². The van der Waals surface area contributed by atoms with Gasteiger partial charge in [0.05, 0.1) is 6.42 Å². The van der Waals surface area contributed by atoms with Gasteiger partial charge in [-0.15, -0.1) is 0 Å². The summed E-state index contributed by atoms with van der Waals surface area (Å²) < 4.78 is 0. The van der Waals surface area contributed by atoms with Crippen LogP contribution in [0.5, 0.6) is 0 Å². The van der Waals surface area contributed by atoms with Gasteiger partial charge >= 0.3 is 12.0 Å². The highest BCUT2D eigenvalue weighted by molar-refractivity contribution is 6.30. The van der Waals surface area contributed by atoms with Crippen molar-refractivity contribution in [1.82, 2.24) is 9.80 Å². The van der Waals surface area contributed by atoms with E-state index < -0.39 is 5.97 Å². The number of likely N-dealkylation sites (tertiary alicyclic amines) is 1. The molecule has 108 valence electrons. The third-order valence-corrected chi connectivity index (χ3v) is 3.60. The van der Waals surface area contributed by atoms with Crippen LogP contribution in [0, 0.1) is 5.92 Å². The molecule has 1 heterocycles. The number of carbonyl (C=O) groups is 2. The number of amides is 2. The van der Waals surface area contributed by atoms with Crippen molar-refractivity contribution in [2.75, 3.05) is 20.1 Å². The molecule has 20 heavy (non-hydrogen) atoms. The van der Waals surface area contributed by atoms with Crippen molar-refractivity contribution in [3.63, 3.8) is 0 Å². The molecule has 1 aliphatic rings. The number of hydrogen-bond acceptors (Lipinski definition) is 2. The Morgan fingerprint density at radius 3 is 2.50 bits per heavy atom. The van der Waals surface area contributed by atoms with Crippen LogP contribution in [0.25, 0.3) is 0 Å². The fourth-order valence-electron chi connectivity index (χ4n) is 2.27. The van der Waals surface area contributed by atoms with Crippen molar-refractivity contribution >= 4 is 23.6 Å². The number of carbonyl (C=O) groups excluding carboxylic acids is 1. The zero-order valence-electron chi connectivity index (χ0n) is 11.3. The molecule has 0 aromatic heterocycles. The summed E-state index contributed by atoms with van der Waals surface area (Å²) in [6.07, 6.45) is 0.130. The third-order valence-electron chi connectivity index (χ3n) is 3.35. The molecule has 1 N–H and O–H groups in total. The molecule has 0 spiro atoms. The van der Waals surface area contributed by atoms with E-state index in [2.05, 4.69) is 0 Å². The van der Waals surface area contributed by atoms with E-state index in [-0.39, 0.29) is 18.4 Å². The van der Waals surface area contributed by atoms with Gasteiger partial charge in [-0.3, -0.25) is 4.79 Å². The van der Waals surface area contributed by atoms with Crippen molar-refractivity contribution in [2.45, 2.75) is 13.0 Å². The first-order chi connectivity index (χ1) is 9.45. The molecule has 1 aliphatic heterocycles. The molecule has 1 aromatic carbocycles. The summed E-state index contributed by atoms with van der Waals surface area (Å²) in [5, 5.41) is 9.34. The first-order valence-corrected chi connectivity index (χ1v) is 6.80. The van der Waals surface area contributed by atoms with Crippen LogP contribution in [0.4, 0.5) is 4.79 Å².